The van der Waals surface area contributed by atoms with E-state index in [-0.39, 0.29) is 24.3 Å². The second kappa shape index (κ2) is 10.8. The van der Waals surface area contributed by atoms with Crippen LogP contribution in [0.15, 0.2) is 22.7 Å². The van der Waals surface area contributed by atoms with Gasteiger partial charge in [-0.25, -0.2) is 4.98 Å². The maximum Gasteiger partial charge on any atom is 0.302 e. The number of aliphatic hydroxyl groups excluding tert-OH is 1. The van der Waals surface area contributed by atoms with E-state index < -0.39 is 0 Å². The number of oxazole rings is 1. The van der Waals surface area contributed by atoms with Gasteiger partial charge in [-0.05, 0) is 31.9 Å². The zero-order chi connectivity index (χ0) is 24.9. The minimum absolute atomic E-state index is 0.0804. The molecule has 3 heterocycles. The monoisotopic (exact) mass is 480 g/mol. The first-order valence-electron chi connectivity index (χ1n) is 11.8. The number of amides is 1. The molecule has 1 aliphatic rings. The Bertz CT molecular complexity index is 1160. The van der Waals surface area contributed by atoms with Crippen LogP contribution < -0.4 is 15.5 Å². The second-order valence-corrected chi connectivity index (χ2v) is 8.66. The average Bonchev–Trinajstić information content (AvgIpc) is 3.30. The summed E-state index contributed by atoms with van der Waals surface area (Å²) in [6, 6.07) is 4.16. The van der Waals surface area contributed by atoms with Crippen LogP contribution in [0.25, 0.3) is 0 Å². The van der Waals surface area contributed by atoms with Gasteiger partial charge in [0.2, 0.25) is 17.7 Å². The van der Waals surface area contributed by atoms with Gasteiger partial charge in [0.1, 0.15) is 5.82 Å². The summed E-state index contributed by atoms with van der Waals surface area (Å²) in [6.07, 6.45) is 2.02. The van der Waals surface area contributed by atoms with E-state index in [4.69, 9.17) is 9.52 Å². The highest BCUT2D eigenvalue weighted by molar-refractivity contribution is 6.03. The number of carbonyl (C=O) groups excluding carboxylic acids is 1. The lowest BCUT2D eigenvalue weighted by atomic mass is 10.1. The summed E-state index contributed by atoms with van der Waals surface area (Å²) in [7, 11) is 0. The smallest absolute Gasteiger partial charge is 0.302 e. The molecule has 3 aromatic rings. The molecular weight excluding hydrogens is 448 g/mol. The van der Waals surface area contributed by atoms with Gasteiger partial charge in [-0.3, -0.25) is 15.0 Å². The zero-order valence-electron chi connectivity index (χ0n) is 20.6. The molecule has 1 amide bonds. The van der Waals surface area contributed by atoms with Crippen LogP contribution in [0, 0.1) is 20.8 Å². The lowest BCUT2D eigenvalue weighted by Crippen LogP contribution is -2.47. The van der Waals surface area contributed by atoms with Gasteiger partial charge in [0.25, 0.3) is 5.91 Å². The highest BCUT2D eigenvalue weighted by atomic mass is 16.4. The van der Waals surface area contributed by atoms with E-state index in [1.807, 2.05) is 39.8 Å². The van der Waals surface area contributed by atoms with Crippen molar-refractivity contribution in [1.82, 2.24) is 24.8 Å². The second-order valence-electron chi connectivity index (χ2n) is 8.66. The quantitative estimate of drug-likeness (QED) is 0.441. The molecule has 0 spiro atoms. The topological polar surface area (TPSA) is 133 Å². The number of nitrogens with zero attached hydrogens (tertiary/aromatic N) is 6. The number of hydrogen-bond donors (Lipinski definition) is 3. The number of rotatable bonds is 8. The number of piperazine rings is 1. The standard InChI is InChI=1S/C24H32N8O3/c1-5-19-26-22(29-23(27-19)32-8-6-31(7-9-32)10-11-33)30-24-25-14-18(35-24)21(34)28-20-16(3)12-15(2)13-17(20)4/h12-14,33H,5-11H2,1-4H3,(H,28,34)(H,25,26,27,29,30). The van der Waals surface area contributed by atoms with Gasteiger partial charge in [0.15, 0.2) is 0 Å². The van der Waals surface area contributed by atoms with Gasteiger partial charge in [0.05, 0.1) is 12.8 Å². The Morgan fingerprint density at radius 1 is 1.09 bits per heavy atom. The van der Waals surface area contributed by atoms with E-state index in [0.717, 1.165) is 48.6 Å². The molecule has 11 heteroatoms. The van der Waals surface area contributed by atoms with Gasteiger partial charge in [-0.15, -0.1) is 0 Å². The Morgan fingerprint density at radius 3 is 2.46 bits per heavy atom. The Morgan fingerprint density at radius 2 is 1.80 bits per heavy atom. The van der Waals surface area contributed by atoms with E-state index in [1.54, 1.807) is 0 Å². The normalized spacial score (nSPS) is 14.3. The molecule has 0 aliphatic carbocycles. The third-order valence-electron chi connectivity index (χ3n) is 5.92. The Balaban J connectivity index is 1.46. The summed E-state index contributed by atoms with van der Waals surface area (Å²) in [5.74, 6) is 1.23. The van der Waals surface area contributed by atoms with Gasteiger partial charge in [-0.2, -0.15) is 15.0 Å². The fraction of sp³-hybridized carbons (Fsp3) is 0.458. The van der Waals surface area contributed by atoms with Crippen LogP contribution >= 0.6 is 0 Å². The number of carbonyl (C=O) groups is 1. The fourth-order valence-electron chi connectivity index (χ4n) is 4.16. The summed E-state index contributed by atoms with van der Waals surface area (Å²) in [5, 5.41) is 15.0. The summed E-state index contributed by atoms with van der Waals surface area (Å²) >= 11 is 0. The Kier molecular flexibility index (Phi) is 7.57. The SMILES string of the molecule is CCc1nc(Nc2ncc(C(=O)Nc3c(C)cc(C)cc3C)o2)nc(N2CCN(CCO)CC2)n1. The summed E-state index contributed by atoms with van der Waals surface area (Å²) in [5.41, 5.74) is 3.87. The molecule has 1 aliphatic heterocycles. The number of nitrogens with one attached hydrogen (secondary N) is 2. The van der Waals surface area contributed by atoms with Crippen molar-refractivity contribution in [2.45, 2.75) is 34.1 Å². The molecule has 11 nitrogen and oxygen atoms in total. The number of benzene rings is 1. The van der Waals surface area contributed by atoms with Crippen molar-refractivity contribution in [3.63, 3.8) is 0 Å². The molecule has 1 fully saturated rings. The van der Waals surface area contributed by atoms with Gasteiger partial charge in [-0.1, -0.05) is 24.6 Å². The number of hydrogen-bond acceptors (Lipinski definition) is 10. The number of anilines is 4. The maximum atomic E-state index is 12.8. The van der Waals surface area contributed by atoms with Crippen LogP contribution in [0.5, 0.6) is 0 Å². The van der Waals surface area contributed by atoms with Gasteiger partial charge in [0, 0.05) is 44.8 Å². The van der Waals surface area contributed by atoms with E-state index in [0.29, 0.717) is 30.7 Å². The predicted molar refractivity (Wildman–Crippen MR) is 133 cm³/mol. The molecule has 2 aromatic heterocycles. The first-order valence-corrected chi connectivity index (χ1v) is 11.8. The molecule has 35 heavy (non-hydrogen) atoms. The Labute approximate surface area is 204 Å². The first-order chi connectivity index (χ1) is 16.9. The zero-order valence-corrected chi connectivity index (χ0v) is 20.6. The van der Waals surface area contributed by atoms with Crippen LogP contribution in [0.4, 0.5) is 23.6 Å². The van der Waals surface area contributed by atoms with Crippen molar-refractivity contribution in [2.75, 3.05) is 54.9 Å². The van der Waals surface area contributed by atoms with E-state index >= 15 is 0 Å². The molecule has 3 N–H and O–H groups in total. The van der Waals surface area contributed by atoms with E-state index in [9.17, 15) is 4.79 Å². The van der Waals surface area contributed by atoms with Crippen molar-refractivity contribution in [2.24, 2.45) is 0 Å². The third-order valence-corrected chi connectivity index (χ3v) is 5.92. The first kappa shape index (κ1) is 24.6. The molecule has 1 aromatic carbocycles. The molecule has 4 rings (SSSR count). The van der Waals surface area contributed by atoms with Gasteiger partial charge < -0.3 is 19.7 Å². The van der Waals surface area contributed by atoms with Gasteiger partial charge >= 0.3 is 6.01 Å². The van der Waals surface area contributed by atoms with E-state index in [2.05, 4.69) is 40.4 Å². The van der Waals surface area contributed by atoms with Crippen LogP contribution in [0.3, 0.4) is 0 Å². The lowest BCUT2D eigenvalue weighted by molar-refractivity contribution is 0.0997. The maximum absolute atomic E-state index is 12.8. The Hall–Kier alpha value is -3.57. The lowest BCUT2D eigenvalue weighted by Gasteiger charge is -2.34. The number of aromatic nitrogens is 4. The summed E-state index contributed by atoms with van der Waals surface area (Å²) in [4.78, 5) is 34.8. The predicted octanol–water partition coefficient (Wildman–Crippen LogP) is 2.46. The van der Waals surface area contributed by atoms with E-state index in [1.165, 1.54) is 6.20 Å². The molecule has 1 saturated heterocycles. The molecule has 0 radical (unpaired) electrons. The number of β-amino-alcohol motifs (C(OH)–C–C–N with tert-alkyl or cyclic N) is 1. The fourth-order valence-corrected chi connectivity index (χ4v) is 4.16. The van der Waals surface area contributed by atoms with Crippen LogP contribution in [-0.2, 0) is 6.42 Å². The van der Waals surface area contributed by atoms with Crippen LogP contribution in [-0.4, -0.2) is 75.2 Å². The molecule has 186 valence electrons. The molecule has 0 unspecified atom stereocenters. The average molecular weight is 481 g/mol. The van der Waals surface area contributed by atoms with Crippen molar-refractivity contribution in [3.05, 3.63) is 46.6 Å². The van der Waals surface area contributed by atoms with Crippen molar-refractivity contribution < 1.29 is 14.3 Å². The van der Waals surface area contributed by atoms with Crippen molar-refractivity contribution in [3.8, 4) is 0 Å². The van der Waals surface area contributed by atoms with Crippen molar-refractivity contribution in [1.29, 1.82) is 0 Å². The minimum atomic E-state index is -0.382. The highest BCUT2D eigenvalue weighted by Gasteiger charge is 2.21. The van der Waals surface area contributed by atoms with Crippen molar-refractivity contribution >= 4 is 29.5 Å². The molecule has 0 saturated carbocycles. The third kappa shape index (κ3) is 5.92. The molecular formula is C24H32N8O3. The molecule has 0 atom stereocenters. The van der Waals surface area contributed by atoms with Crippen LogP contribution in [0.1, 0.15) is 40.0 Å². The highest BCUT2D eigenvalue weighted by Crippen LogP contribution is 2.23. The summed E-state index contributed by atoms with van der Waals surface area (Å²) < 4.78 is 5.65. The molecule has 0 bridgehead atoms. The largest absolute Gasteiger partial charge is 0.418 e. The number of aryl methyl sites for hydroxylation is 4. The number of aliphatic hydroxyl groups is 1. The van der Waals surface area contributed by atoms with Crippen LogP contribution in [0.2, 0.25) is 0 Å². The minimum Gasteiger partial charge on any atom is -0.418 e. The summed E-state index contributed by atoms with van der Waals surface area (Å²) in [6.45, 7) is 11.9.